The average Bonchev–Trinajstić information content (AvgIpc) is 2.71. The number of ether oxygens (including phenoxy) is 3. The van der Waals surface area contributed by atoms with Crippen LogP contribution in [0.25, 0.3) is 0 Å². The van der Waals surface area contributed by atoms with Gasteiger partial charge in [-0.05, 0) is 48.6 Å². The molecule has 3 rings (SSSR count). The van der Waals surface area contributed by atoms with Crippen LogP contribution in [0, 0.1) is 5.92 Å². The minimum Gasteiger partial charge on any atom is -0.486 e. The maximum atomic E-state index is 12.2. The highest BCUT2D eigenvalue weighted by Gasteiger charge is 2.17. The second-order valence-corrected chi connectivity index (χ2v) is 7.56. The highest BCUT2D eigenvalue weighted by atomic mass is 16.6. The predicted molar refractivity (Wildman–Crippen MR) is 109 cm³/mol. The normalized spacial score (nSPS) is 13.7. The standard InChI is InChI=1S/C23H27NO5/c1-15(2)12-17-4-6-18(7-5-17)16(3)24-22(25)14-29-23(26)19-8-9-20-21(13-19)28-11-10-27-20/h4-9,13,15-16H,10-12,14H2,1-3H3,(H,24,25)/t16-/m0/s1. The molecule has 154 valence electrons. The van der Waals surface area contributed by atoms with Crippen LogP contribution in [0.5, 0.6) is 11.5 Å². The first kappa shape index (κ1) is 20.7. The van der Waals surface area contributed by atoms with Crippen molar-refractivity contribution in [3.05, 3.63) is 59.2 Å². The molecule has 1 heterocycles. The van der Waals surface area contributed by atoms with Gasteiger partial charge in [-0.3, -0.25) is 4.79 Å². The van der Waals surface area contributed by atoms with Gasteiger partial charge in [-0.15, -0.1) is 0 Å². The lowest BCUT2D eigenvalue weighted by molar-refractivity contribution is -0.124. The zero-order valence-electron chi connectivity index (χ0n) is 17.1. The summed E-state index contributed by atoms with van der Waals surface area (Å²) in [4.78, 5) is 24.4. The fourth-order valence-electron chi connectivity index (χ4n) is 3.17. The van der Waals surface area contributed by atoms with Crippen molar-refractivity contribution in [2.45, 2.75) is 33.2 Å². The van der Waals surface area contributed by atoms with Gasteiger partial charge in [0.2, 0.25) is 0 Å². The summed E-state index contributed by atoms with van der Waals surface area (Å²) in [5.74, 6) is 0.766. The predicted octanol–water partition coefficient (Wildman–Crippen LogP) is 3.69. The Morgan fingerprint density at radius 3 is 2.38 bits per heavy atom. The molecule has 0 bridgehead atoms. The Morgan fingerprint density at radius 1 is 1.00 bits per heavy atom. The quantitative estimate of drug-likeness (QED) is 0.722. The Kier molecular flexibility index (Phi) is 6.75. The van der Waals surface area contributed by atoms with E-state index in [9.17, 15) is 9.59 Å². The van der Waals surface area contributed by atoms with Gasteiger partial charge in [0.1, 0.15) is 13.2 Å². The third-order valence-corrected chi connectivity index (χ3v) is 4.61. The van der Waals surface area contributed by atoms with Crippen LogP contribution >= 0.6 is 0 Å². The molecule has 1 aliphatic rings. The van der Waals surface area contributed by atoms with Gasteiger partial charge in [0.25, 0.3) is 5.91 Å². The average molecular weight is 397 g/mol. The Labute approximate surface area is 171 Å². The Hall–Kier alpha value is -3.02. The highest BCUT2D eigenvalue weighted by molar-refractivity contribution is 5.92. The van der Waals surface area contributed by atoms with Crippen molar-refractivity contribution in [3.8, 4) is 11.5 Å². The smallest absolute Gasteiger partial charge is 0.338 e. The molecule has 2 aromatic rings. The van der Waals surface area contributed by atoms with Crippen molar-refractivity contribution in [2.75, 3.05) is 19.8 Å². The number of carbonyl (C=O) groups excluding carboxylic acids is 2. The van der Waals surface area contributed by atoms with Gasteiger partial charge < -0.3 is 19.5 Å². The van der Waals surface area contributed by atoms with E-state index >= 15 is 0 Å². The van der Waals surface area contributed by atoms with Crippen LogP contribution in [0.3, 0.4) is 0 Å². The number of esters is 1. The number of benzene rings is 2. The van der Waals surface area contributed by atoms with E-state index in [1.165, 1.54) is 5.56 Å². The molecule has 29 heavy (non-hydrogen) atoms. The van der Waals surface area contributed by atoms with Crippen molar-refractivity contribution >= 4 is 11.9 Å². The summed E-state index contributed by atoms with van der Waals surface area (Å²) < 4.78 is 16.0. The number of nitrogens with one attached hydrogen (secondary N) is 1. The molecule has 1 N–H and O–H groups in total. The first-order chi connectivity index (χ1) is 13.9. The van der Waals surface area contributed by atoms with Gasteiger partial charge in [0.15, 0.2) is 18.1 Å². The van der Waals surface area contributed by atoms with E-state index in [1.54, 1.807) is 18.2 Å². The van der Waals surface area contributed by atoms with Gasteiger partial charge in [-0.2, -0.15) is 0 Å². The molecule has 1 aliphatic heterocycles. The zero-order chi connectivity index (χ0) is 20.8. The van der Waals surface area contributed by atoms with Crippen LogP contribution in [-0.2, 0) is 16.0 Å². The minimum absolute atomic E-state index is 0.177. The topological polar surface area (TPSA) is 73.9 Å². The number of hydrogen-bond acceptors (Lipinski definition) is 5. The van der Waals surface area contributed by atoms with E-state index in [1.807, 2.05) is 19.1 Å². The fraction of sp³-hybridized carbons (Fsp3) is 0.391. The monoisotopic (exact) mass is 397 g/mol. The number of rotatable bonds is 7. The van der Waals surface area contributed by atoms with E-state index in [0.29, 0.717) is 36.2 Å². The lowest BCUT2D eigenvalue weighted by Crippen LogP contribution is -2.31. The molecule has 0 spiro atoms. The molecule has 0 radical (unpaired) electrons. The summed E-state index contributed by atoms with van der Waals surface area (Å²) in [6, 6.07) is 12.8. The molecule has 0 aliphatic carbocycles. The largest absolute Gasteiger partial charge is 0.486 e. The van der Waals surface area contributed by atoms with Gasteiger partial charge in [0.05, 0.1) is 11.6 Å². The maximum Gasteiger partial charge on any atom is 0.338 e. The van der Waals surface area contributed by atoms with Crippen molar-refractivity contribution in [3.63, 3.8) is 0 Å². The summed E-state index contributed by atoms with van der Waals surface area (Å²) in [5.41, 5.74) is 2.59. The molecule has 0 aromatic heterocycles. The summed E-state index contributed by atoms with van der Waals surface area (Å²) in [5, 5.41) is 2.85. The van der Waals surface area contributed by atoms with E-state index in [0.717, 1.165) is 12.0 Å². The molecule has 0 unspecified atom stereocenters. The number of hydrogen-bond donors (Lipinski definition) is 1. The van der Waals surface area contributed by atoms with Crippen molar-refractivity contribution in [1.82, 2.24) is 5.32 Å². The first-order valence-electron chi connectivity index (χ1n) is 9.87. The first-order valence-corrected chi connectivity index (χ1v) is 9.87. The summed E-state index contributed by atoms with van der Waals surface area (Å²) in [6.07, 6.45) is 1.02. The van der Waals surface area contributed by atoms with Crippen molar-refractivity contribution < 1.29 is 23.8 Å². The molecule has 0 fully saturated rings. The molecule has 1 amide bonds. The summed E-state index contributed by atoms with van der Waals surface area (Å²) >= 11 is 0. The molecule has 0 saturated heterocycles. The molecule has 6 heteroatoms. The Morgan fingerprint density at radius 2 is 1.69 bits per heavy atom. The number of amides is 1. The second kappa shape index (κ2) is 9.45. The van der Waals surface area contributed by atoms with Gasteiger partial charge >= 0.3 is 5.97 Å². The van der Waals surface area contributed by atoms with Crippen LogP contribution in [0.1, 0.15) is 48.3 Å². The van der Waals surface area contributed by atoms with E-state index in [4.69, 9.17) is 14.2 Å². The highest BCUT2D eigenvalue weighted by Crippen LogP contribution is 2.30. The van der Waals surface area contributed by atoms with Crippen LogP contribution in [0.2, 0.25) is 0 Å². The third-order valence-electron chi connectivity index (χ3n) is 4.61. The third kappa shape index (κ3) is 5.73. The van der Waals surface area contributed by atoms with Crippen LogP contribution in [0.4, 0.5) is 0 Å². The Balaban J connectivity index is 1.49. The van der Waals surface area contributed by atoms with E-state index < -0.39 is 5.97 Å². The summed E-state index contributed by atoms with van der Waals surface area (Å²) in [7, 11) is 0. The van der Waals surface area contributed by atoms with Gasteiger partial charge in [-0.1, -0.05) is 38.1 Å². The maximum absolute atomic E-state index is 12.2. The molecule has 6 nitrogen and oxygen atoms in total. The van der Waals surface area contributed by atoms with Crippen molar-refractivity contribution in [2.24, 2.45) is 5.92 Å². The van der Waals surface area contributed by atoms with Crippen molar-refractivity contribution in [1.29, 1.82) is 0 Å². The van der Waals surface area contributed by atoms with E-state index in [2.05, 4.69) is 31.3 Å². The SMILES string of the molecule is CC(C)Cc1ccc([C@H](C)NC(=O)COC(=O)c2ccc3c(c2)OCCO3)cc1. The van der Waals surface area contributed by atoms with E-state index in [-0.39, 0.29) is 18.6 Å². The molecular weight excluding hydrogens is 370 g/mol. The lowest BCUT2D eigenvalue weighted by atomic mass is 10.00. The van der Waals surface area contributed by atoms with Crippen LogP contribution in [-0.4, -0.2) is 31.7 Å². The lowest BCUT2D eigenvalue weighted by Gasteiger charge is -2.18. The molecule has 2 aromatic carbocycles. The second-order valence-electron chi connectivity index (χ2n) is 7.56. The minimum atomic E-state index is -0.581. The molecule has 0 saturated carbocycles. The summed E-state index contributed by atoms with van der Waals surface area (Å²) in [6.45, 7) is 6.84. The van der Waals surface area contributed by atoms with Crippen LogP contribution in [0.15, 0.2) is 42.5 Å². The van der Waals surface area contributed by atoms with Crippen LogP contribution < -0.4 is 14.8 Å². The zero-order valence-corrected chi connectivity index (χ0v) is 17.1. The van der Waals surface area contributed by atoms with Gasteiger partial charge in [-0.25, -0.2) is 4.79 Å². The molecule has 1 atom stereocenters. The number of fused-ring (bicyclic) bond motifs is 1. The Bertz CT molecular complexity index is 860. The molecular formula is C23H27NO5. The van der Waals surface area contributed by atoms with Gasteiger partial charge in [0, 0.05) is 0 Å². The number of carbonyl (C=O) groups is 2. The fourth-order valence-corrected chi connectivity index (χ4v) is 3.17.